The smallest absolute Gasteiger partial charge is 0.621 e. The fourth-order valence-electron chi connectivity index (χ4n) is 4.98. The second-order valence-electron chi connectivity index (χ2n) is 10.2. The van der Waals surface area contributed by atoms with E-state index in [1.165, 1.54) is 6.20 Å². The van der Waals surface area contributed by atoms with Crippen molar-refractivity contribution in [1.82, 2.24) is 9.88 Å². The largest absolute Gasteiger partial charge is 2.00 e. The standard InChI is InChI=1S/C34H30N4O6.Ni/c1-22(20-29(39)38-28(21-44-34(38)43)23-12-4-2-5-13-23)30(33(41)42)37-31(24-14-6-3-7-15-24)25-16-8-9-17-26(25)36-32(40)27-18-10-11-19-35-27;/h2-19,22,28,30H,20-21H2,1H3,(H2,36,37,40,41,42);/q;+2/p-2. The Labute approximate surface area is 270 Å². The zero-order chi connectivity index (χ0) is 31.1. The van der Waals surface area contributed by atoms with E-state index in [1.807, 2.05) is 6.07 Å². The number of cyclic esters (lactones) is 1. The summed E-state index contributed by atoms with van der Waals surface area (Å²) in [5.74, 6) is -3.55. The fraction of sp³-hybridized carbons (Fsp3) is 0.176. The SMILES string of the molecule is CC(CC(=O)N1C(=O)OCC1c1ccccc1)C(N=C(c1ccccc1)c1ccccc1[N-]C(=O)c1ccccn1)C(=O)[O-].[Ni+2]. The average molecular weight is 647 g/mol. The van der Waals surface area contributed by atoms with Crippen LogP contribution in [0.25, 0.3) is 5.32 Å². The number of imide groups is 1. The molecule has 4 aromatic rings. The Morgan fingerprint density at radius 1 is 0.956 bits per heavy atom. The van der Waals surface area contributed by atoms with E-state index in [-0.39, 0.29) is 46.6 Å². The molecule has 10 nitrogen and oxygen atoms in total. The molecule has 2 heterocycles. The molecule has 0 aliphatic carbocycles. The quantitative estimate of drug-likeness (QED) is 0.181. The molecule has 3 aromatic carbocycles. The zero-order valence-electron chi connectivity index (χ0n) is 24.1. The molecule has 0 N–H and O–H groups in total. The monoisotopic (exact) mass is 646 g/mol. The summed E-state index contributed by atoms with van der Waals surface area (Å²) < 4.78 is 5.17. The number of rotatable bonds is 10. The van der Waals surface area contributed by atoms with Gasteiger partial charge in [-0.3, -0.25) is 14.8 Å². The third-order valence-corrected chi connectivity index (χ3v) is 7.18. The summed E-state index contributed by atoms with van der Waals surface area (Å²) in [6, 6.07) is 27.4. The van der Waals surface area contributed by atoms with Crippen molar-refractivity contribution in [3.05, 3.63) is 137 Å². The van der Waals surface area contributed by atoms with Crippen LogP contribution in [0, 0.1) is 5.92 Å². The number of carboxylic acid groups (broad SMARTS) is 1. The number of benzene rings is 3. The molecule has 11 heteroatoms. The van der Waals surface area contributed by atoms with Crippen LogP contribution in [0.5, 0.6) is 0 Å². The van der Waals surface area contributed by atoms with Crippen molar-refractivity contribution in [1.29, 1.82) is 0 Å². The molecule has 1 saturated heterocycles. The Balaban J connectivity index is 0.00000461. The van der Waals surface area contributed by atoms with Gasteiger partial charge in [-0.25, -0.2) is 9.69 Å². The Morgan fingerprint density at radius 2 is 1.60 bits per heavy atom. The van der Waals surface area contributed by atoms with Crippen molar-refractivity contribution in [2.45, 2.75) is 25.4 Å². The maximum absolute atomic E-state index is 13.4. The third kappa shape index (κ3) is 7.69. The van der Waals surface area contributed by atoms with E-state index in [1.54, 1.807) is 104 Å². The molecule has 1 aliphatic rings. The van der Waals surface area contributed by atoms with E-state index >= 15 is 0 Å². The topological polar surface area (TPSA) is 143 Å². The zero-order valence-corrected chi connectivity index (χ0v) is 25.1. The molecule has 1 aromatic heterocycles. The molecule has 230 valence electrons. The van der Waals surface area contributed by atoms with Crippen LogP contribution in [0.3, 0.4) is 0 Å². The van der Waals surface area contributed by atoms with Gasteiger partial charge >= 0.3 is 22.6 Å². The minimum atomic E-state index is -1.50. The van der Waals surface area contributed by atoms with Crippen LogP contribution < -0.4 is 5.11 Å². The van der Waals surface area contributed by atoms with Crippen molar-refractivity contribution in [2.24, 2.45) is 10.9 Å². The molecule has 3 amide bonds. The molecule has 0 radical (unpaired) electrons. The number of carbonyl (C=O) groups is 4. The van der Waals surface area contributed by atoms with Gasteiger partial charge in [0.25, 0.3) is 0 Å². The van der Waals surface area contributed by atoms with Gasteiger partial charge in [0.1, 0.15) is 18.6 Å². The van der Waals surface area contributed by atoms with Crippen LogP contribution in [0.1, 0.15) is 46.6 Å². The van der Waals surface area contributed by atoms with Crippen LogP contribution in [0.2, 0.25) is 0 Å². The van der Waals surface area contributed by atoms with Crippen LogP contribution >= 0.6 is 0 Å². The minimum Gasteiger partial charge on any atom is -0.621 e. The van der Waals surface area contributed by atoms with E-state index < -0.39 is 41.9 Å². The molecule has 1 aliphatic heterocycles. The number of carboxylic acids is 1. The molecule has 3 atom stereocenters. The average Bonchev–Trinajstić information content (AvgIpc) is 3.44. The van der Waals surface area contributed by atoms with Crippen molar-refractivity contribution in [3.63, 3.8) is 0 Å². The van der Waals surface area contributed by atoms with Gasteiger partial charge < -0.3 is 24.7 Å². The normalized spacial score (nSPS) is 15.8. The second kappa shape index (κ2) is 15.0. The predicted octanol–water partition coefficient (Wildman–Crippen LogP) is 4.63. The number of nitrogens with zero attached hydrogens (tertiary/aromatic N) is 4. The number of hydrogen-bond acceptors (Lipinski definition) is 8. The molecule has 1 fully saturated rings. The summed E-state index contributed by atoms with van der Waals surface area (Å²) in [6.45, 7) is 1.56. The molecule has 3 unspecified atom stereocenters. The number of aliphatic carboxylic acids is 1. The first kappa shape index (κ1) is 32.8. The van der Waals surface area contributed by atoms with E-state index in [4.69, 9.17) is 4.74 Å². The number of amides is 3. The first-order valence-corrected chi connectivity index (χ1v) is 14.0. The van der Waals surface area contributed by atoms with Crippen molar-refractivity contribution >= 4 is 35.3 Å². The summed E-state index contributed by atoms with van der Waals surface area (Å²) in [6.07, 6.45) is 0.387. The van der Waals surface area contributed by atoms with Crippen LogP contribution in [0.4, 0.5) is 10.5 Å². The molecule has 0 bridgehead atoms. The van der Waals surface area contributed by atoms with E-state index in [9.17, 15) is 24.3 Å². The van der Waals surface area contributed by atoms with Gasteiger partial charge in [-0.05, 0) is 29.2 Å². The molecule has 0 spiro atoms. The summed E-state index contributed by atoms with van der Waals surface area (Å²) in [7, 11) is 0. The first-order chi connectivity index (χ1) is 21.3. The van der Waals surface area contributed by atoms with Gasteiger partial charge in [-0.15, -0.1) is 5.69 Å². The summed E-state index contributed by atoms with van der Waals surface area (Å²) in [4.78, 5) is 61.1. The van der Waals surface area contributed by atoms with Gasteiger partial charge in [0.2, 0.25) is 5.91 Å². The molecular weight excluding hydrogens is 619 g/mol. The number of carbonyl (C=O) groups excluding carboxylic acids is 4. The van der Waals surface area contributed by atoms with Crippen LogP contribution in [-0.4, -0.2) is 52.1 Å². The maximum Gasteiger partial charge on any atom is 2.00 e. The van der Waals surface area contributed by atoms with E-state index in [2.05, 4.69) is 15.3 Å². The number of aliphatic imine (C=N–C) groups is 1. The number of pyridine rings is 1. The Kier molecular flexibility index (Phi) is 10.9. The fourth-order valence-corrected chi connectivity index (χ4v) is 4.98. The molecule has 5 rings (SSSR count). The molecule has 0 saturated carbocycles. The first-order valence-electron chi connectivity index (χ1n) is 14.0. The van der Waals surface area contributed by atoms with Crippen molar-refractivity contribution in [2.75, 3.05) is 6.61 Å². The van der Waals surface area contributed by atoms with Crippen molar-refractivity contribution in [3.8, 4) is 0 Å². The minimum absolute atomic E-state index is 0. The van der Waals surface area contributed by atoms with Gasteiger partial charge in [-0.2, -0.15) is 0 Å². The predicted molar refractivity (Wildman–Crippen MR) is 160 cm³/mol. The maximum atomic E-state index is 13.4. The van der Waals surface area contributed by atoms with Gasteiger partial charge in [0.15, 0.2) is 0 Å². The van der Waals surface area contributed by atoms with Gasteiger partial charge in [-0.1, -0.05) is 97.9 Å². The number of aromatic nitrogens is 1. The molecule has 45 heavy (non-hydrogen) atoms. The van der Waals surface area contributed by atoms with Crippen LogP contribution in [-0.2, 0) is 30.8 Å². The molecular formula is C34H28N4NiO6. The Morgan fingerprint density at radius 3 is 2.27 bits per heavy atom. The van der Waals surface area contributed by atoms with E-state index in [0.29, 0.717) is 11.1 Å². The van der Waals surface area contributed by atoms with Crippen molar-refractivity contribution < 1.29 is 45.5 Å². The van der Waals surface area contributed by atoms with E-state index in [0.717, 1.165) is 10.5 Å². The summed E-state index contributed by atoms with van der Waals surface area (Å²) in [5.41, 5.74) is 2.35. The summed E-state index contributed by atoms with van der Waals surface area (Å²) in [5, 5.41) is 16.8. The Hall–Kier alpha value is -5.15. The second-order valence-corrected chi connectivity index (χ2v) is 10.2. The summed E-state index contributed by atoms with van der Waals surface area (Å²) >= 11 is 0. The Bertz CT molecular complexity index is 1680. The van der Waals surface area contributed by atoms with Gasteiger partial charge in [0.05, 0.1) is 23.4 Å². The number of ether oxygens (including phenoxy) is 1. The third-order valence-electron chi connectivity index (χ3n) is 7.18. The van der Waals surface area contributed by atoms with Crippen LogP contribution in [0.15, 0.2) is 114 Å². The number of para-hydroxylation sites is 1. The number of hydrogen-bond donors (Lipinski definition) is 0. The van der Waals surface area contributed by atoms with Gasteiger partial charge in [0, 0.05) is 18.2 Å².